The Balaban J connectivity index is 1.63. The van der Waals surface area contributed by atoms with Gasteiger partial charge in [0.2, 0.25) is 0 Å². The van der Waals surface area contributed by atoms with Gasteiger partial charge in [0.25, 0.3) is 0 Å². The molecule has 0 spiro atoms. The number of nitrogens with zero attached hydrogens (tertiary/aromatic N) is 3. The number of thioether (sulfide) groups is 1. The minimum absolute atomic E-state index is 0.276. The Kier molecular flexibility index (Phi) is 8.54. The fourth-order valence-corrected chi connectivity index (χ4v) is 3.71. The molecule has 0 radical (unpaired) electrons. The third-order valence-corrected chi connectivity index (χ3v) is 5.39. The van der Waals surface area contributed by atoms with E-state index in [-0.39, 0.29) is 11.6 Å². The van der Waals surface area contributed by atoms with Crippen molar-refractivity contribution >= 4 is 29.1 Å². The summed E-state index contributed by atoms with van der Waals surface area (Å²) in [5.41, 5.74) is 0. The quantitative estimate of drug-likeness (QED) is 0.312. The zero-order valence-electron chi connectivity index (χ0n) is 14.4. The Bertz CT molecular complexity index is 652. The van der Waals surface area contributed by atoms with Crippen molar-refractivity contribution in [1.29, 1.82) is 0 Å². The highest BCUT2D eigenvalue weighted by Crippen LogP contribution is 2.20. The number of halogens is 1. The first kappa shape index (κ1) is 19.5. The molecule has 0 aliphatic rings. The zero-order chi connectivity index (χ0) is 17.9. The van der Waals surface area contributed by atoms with Crippen LogP contribution in [0.4, 0.5) is 4.39 Å². The number of nitrogens with one attached hydrogen (secondary N) is 1. The van der Waals surface area contributed by atoms with Gasteiger partial charge in [-0.15, -0.1) is 11.3 Å². The highest BCUT2D eigenvalue weighted by Gasteiger charge is 2.07. The van der Waals surface area contributed by atoms with Crippen LogP contribution in [0.25, 0.3) is 0 Å². The lowest BCUT2D eigenvalue weighted by Gasteiger charge is -2.22. The molecule has 1 N–H and O–H groups in total. The van der Waals surface area contributed by atoms with Gasteiger partial charge in [0, 0.05) is 38.0 Å². The lowest BCUT2D eigenvalue weighted by atomic mass is 10.3. The molecule has 2 rings (SSSR count). The number of thiazole rings is 1. The van der Waals surface area contributed by atoms with Crippen LogP contribution in [0, 0.1) is 5.82 Å². The second-order valence-corrected chi connectivity index (χ2v) is 7.41. The van der Waals surface area contributed by atoms with E-state index in [4.69, 9.17) is 4.74 Å². The Morgan fingerprint density at radius 2 is 2.28 bits per heavy atom. The smallest absolute Gasteiger partial charge is 0.193 e. The second-order valence-electron chi connectivity index (χ2n) is 5.17. The maximum absolute atomic E-state index is 13.5. The zero-order valence-corrected chi connectivity index (χ0v) is 16.1. The molecule has 136 valence electrons. The van der Waals surface area contributed by atoms with E-state index < -0.39 is 0 Å². The highest BCUT2D eigenvalue weighted by molar-refractivity contribution is 8.00. The van der Waals surface area contributed by atoms with Crippen LogP contribution >= 0.6 is 23.1 Å². The average molecular weight is 383 g/mol. The molecule has 0 saturated carbocycles. The number of para-hydroxylation sites is 1. The second kappa shape index (κ2) is 10.9. The number of rotatable bonds is 9. The monoisotopic (exact) mass is 382 g/mol. The van der Waals surface area contributed by atoms with Crippen LogP contribution in [-0.4, -0.2) is 55.4 Å². The summed E-state index contributed by atoms with van der Waals surface area (Å²) >= 11 is 3.43. The van der Waals surface area contributed by atoms with Gasteiger partial charge >= 0.3 is 0 Å². The van der Waals surface area contributed by atoms with Gasteiger partial charge in [0.05, 0.1) is 6.54 Å². The summed E-state index contributed by atoms with van der Waals surface area (Å²) in [6, 6.07) is 6.42. The number of hydrogen-bond donors (Lipinski definition) is 1. The first-order chi connectivity index (χ1) is 12.2. The van der Waals surface area contributed by atoms with E-state index in [1.807, 2.05) is 23.5 Å². The predicted octanol–water partition coefficient (Wildman–Crippen LogP) is 3.35. The summed E-state index contributed by atoms with van der Waals surface area (Å²) in [5.74, 6) is 1.75. The lowest BCUT2D eigenvalue weighted by Crippen LogP contribution is -2.41. The molecule has 0 atom stereocenters. The standard InChI is InChI=1S/C17H23FN4OS2/c1-19-16(20-8-5-12-24-17-21-9-13-25-17)22(2)10-11-23-15-7-4-3-6-14(15)18/h3-4,6-7,9,13H,5,8,10-12H2,1-2H3,(H,19,20). The van der Waals surface area contributed by atoms with Gasteiger partial charge in [-0.1, -0.05) is 23.9 Å². The van der Waals surface area contributed by atoms with Crippen LogP contribution in [0.5, 0.6) is 5.75 Å². The minimum Gasteiger partial charge on any atom is -0.489 e. The molecule has 8 heteroatoms. The van der Waals surface area contributed by atoms with Crippen molar-refractivity contribution in [2.45, 2.75) is 10.8 Å². The van der Waals surface area contributed by atoms with E-state index in [2.05, 4.69) is 15.3 Å². The minimum atomic E-state index is -0.342. The SMILES string of the molecule is CN=C(NCCCSc1nccs1)N(C)CCOc1ccccc1F. The molecule has 5 nitrogen and oxygen atoms in total. The van der Waals surface area contributed by atoms with Crippen LogP contribution in [0.15, 0.2) is 45.2 Å². The van der Waals surface area contributed by atoms with Crippen molar-refractivity contribution in [3.63, 3.8) is 0 Å². The van der Waals surface area contributed by atoms with E-state index in [1.165, 1.54) is 6.07 Å². The summed E-state index contributed by atoms with van der Waals surface area (Å²) in [6.07, 6.45) is 2.84. The molecule has 1 aromatic carbocycles. The third-order valence-electron chi connectivity index (χ3n) is 3.33. The van der Waals surface area contributed by atoms with Crippen molar-refractivity contribution in [2.75, 3.05) is 39.5 Å². The Morgan fingerprint density at radius 1 is 1.44 bits per heavy atom. The number of hydrogen-bond acceptors (Lipinski definition) is 5. The van der Waals surface area contributed by atoms with Gasteiger partial charge in [-0.05, 0) is 18.6 Å². The number of benzene rings is 1. The van der Waals surface area contributed by atoms with Crippen LogP contribution in [-0.2, 0) is 0 Å². The Hall–Kier alpha value is -1.80. The molecule has 25 heavy (non-hydrogen) atoms. The molecule has 0 unspecified atom stereocenters. The van der Waals surface area contributed by atoms with Gasteiger partial charge in [0.15, 0.2) is 17.5 Å². The maximum atomic E-state index is 13.5. The van der Waals surface area contributed by atoms with E-state index >= 15 is 0 Å². The van der Waals surface area contributed by atoms with E-state index in [0.717, 1.165) is 29.0 Å². The molecule has 0 aliphatic heterocycles. The van der Waals surface area contributed by atoms with Crippen molar-refractivity contribution in [3.8, 4) is 5.75 Å². The number of likely N-dealkylation sites (N-methyl/N-ethyl adjacent to an activating group) is 1. The predicted molar refractivity (Wildman–Crippen MR) is 103 cm³/mol. The van der Waals surface area contributed by atoms with Crippen molar-refractivity contribution in [3.05, 3.63) is 41.7 Å². The Labute approximate surface area is 156 Å². The molecule has 0 bridgehead atoms. The van der Waals surface area contributed by atoms with Gasteiger partial charge in [-0.2, -0.15) is 0 Å². The topological polar surface area (TPSA) is 49.8 Å². The molecular formula is C17H23FN4OS2. The van der Waals surface area contributed by atoms with Crippen LogP contribution in [0.2, 0.25) is 0 Å². The molecular weight excluding hydrogens is 359 g/mol. The van der Waals surface area contributed by atoms with E-state index in [1.54, 1.807) is 48.3 Å². The summed E-state index contributed by atoms with van der Waals surface area (Å²) in [6.45, 7) is 1.84. The summed E-state index contributed by atoms with van der Waals surface area (Å²) in [4.78, 5) is 10.5. The molecule has 0 aliphatic carbocycles. The summed E-state index contributed by atoms with van der Waals surface area (Å²) in [5, 5.41) is 5.31. The first-order valence-electron chi connectivity index (χ1n) is 8.02. The Morgan fingerprint density at radius 3 is 3.00 bits per heavy atom. The van der Waals surface area contributed by atoms with Gasteiger partial charge in [0.1, 0.15) is 10.9 Å². The van der Waals surface area contributed by atoms with Crippen molar-refractivity contribution in [1.82, 2.24) is 15.2 Å². The van der Waals surface area contributed by atoms with Gasteiger partial charge in [-0.3, -0.25) is 4.99 Å². The van der Waals surface area contributed by atoms with E-state index in [9.17, 15) is 4.39 Å². The highest BCUT2D eigenvalue weighted by atomic mass is 32.2. The largest absolute Gasteiger partial charge is 0.489 e. The summed E-state index contributed by atoms with van der Waals surface area (Å²) in [7, 11) is 3.69. The van der Waals surface area contributed by atoms with Crippen molar-refractivity contribution < 1.29 is 9.13 Å². The number of ether oxygens (including phenoxy) is 1. The van der Waals surface area contributed by atoms with Crippen LogP contribution < -0.4 is 10.1 Å². The number of aromatic nitrogens is 1. The summed E-state index contributed by atoms with van der Waals surface area (Å²) < 4.78 is 20.1. The first-order valence-corrected chi connectivity index (χ1v) is 9.88. The molecule has 0 amide bonds. The van der Waals surface area contributed by atoms with Crippen LogP contribution in [0.3, 0.4) is 0 Å². The van der Waals surface area contributed by atoms with E-state index in [0.29, 0.717) is 13.2 Å². The number of aliphatic imine (C=N–C) groups is 1. The number of guanidine groups is 1. The lowest BCUT2D eigenvalue weighted by molar-refractivity contribution is 0.270. The molecule has 1 aromatic heterocycles. The molecule has 0 saturated heterocycles. The molecule has 0 fully saturated rings. The molecule has 2 aromatic rings. The van der Waals surface area contributed by atoms with Gasteiger partial charge in [-0.25, -0.2) is 9.37 Å². The molecule has 1 heterocycles. The maximum Gasteiger partial charge on any atom is 0.193 e. The third kappa shape index (κ3) is 6.91. The normalized spacial score (nSPS) is 11.4. The fourth-order valence-electron chi connectivity index (χ4n) is 2.06. The fraction of sp³-hybridized carbons (Fsp3) is 0.412. The van der Waals surface area contributed by atoms with Gasteiger partial charge < -0.3 is 15.0 Å². The van der Waals surface area contributed by atoms with Crippen LogP contribution in [0.1, 0.15) is 6.42 Å². The van der Waals surface area contributed by atoms with Crippen molar-refractivity contribution in [2.24, 2.45) is 4.99 Å². The average Bonchev–Trinajstić information content (AvgIpc) is 3.13.